The predicted molar refractivity (Wildman–Crippen MR) is 117 cm³/mol. The van der Waals surface area contributed by atoms with E-state index >= 15 is 0 Å². The van der Waals surface area contributed by atoms with Crippen molar-refractivity contribution in [2.24, 2.45) is 0 Å². The maximum atomic E-state index is 13.9. The van der Waals surface area contributed by atoms with Crippen molar-refractivity contribution in [1.29, 1.82) is 0 Å². The van der Waals surface area contributed by atoms with Crippen LogP contribution in [0.3, 0.4) is 0 Å². The number of aryl methyl sites for hydroxylation is 3. The molecule has 0 saturated carbocycles. The summed E-state index contributed by atoms with van der Waals surface area (Å²) in [6.45, 7) is 7.40. The number of nitrogens with one attached hydrogen (secondary N) is 1. The second-order valence-corrected chi connectivity index (χ2v) is 8.12. The first kappa shape index (κ1) is 22.5. The number of fused-ring (bicyclic) bond motifs is 1. The zero-order valence-electron chi connectivity index (χ0n) is 18.8. The number of rotatable bonds is 4. The molecular weight excluding hydrogens is 433 g/mol. The number of benzene rings is 1. The molecule has 4 rings (SSSR count). The summed E-state index contributed by atoms with van der Waals surface area (Å²) < 4.78 is 42.2. The number of hydrogen-bond acceptors (Lipinski definition) is 4. The number of halogens is 3. The van der Waals surface area contributed by atoms with Crippen LogP contribution in [0.15, 0.2) is 36.5 Å². The Balaban J connectivity index is 1.83. The molecule has 3 heterocycles. The molecule has 33 heavy (non-hydrogen) atoms. The minimum Gasteiger partial charge on any atom is -0.335 e. The van der Waals surface area contributed by atoms with E-state index in [9.17, 15) is 18.0 Å². The molecule has 1 atom stereocenters. The molecule has 0 saturated heterocycles. The van der Waals surface area contributed by atoms with Crippen LogP contribution >= 0.6 is 0 Å². The van der Waals surface area contributed by atoms with Gasteiger partial charge in [0.2, 0.25) is 0 Å². The van der Waals surface area contributed by atoms with E-state index < -0.39 is 17.8 Å². The number of hydrogen-bond donors (Lipinski definition) is 1. The Hall–Kier alpha value is -3.69. The monoisotopic (exact) mass is 456 g/mol. The molecule has 1 aromatic carbocycles. The Morgan fingerprint density at radius 1 is 1.15 bits per heavy atom. The van der Waals surface area contributed by atoms with E-state index in [0.29, 0.717) is 10.1 Å². The van der Waals surface area contributed by atoms with Gasteiger partial charge in [-0.2, -0.15) is 23.4 Å². The van der Waals surface area contributed by atoms with Crippen LogP contribution in [0.1, 0.15) is 51.5 Å². The molecule has 0 aliphatic rings. The van der Waals surface area contributed by atoms with Crippen LogP contribution in [0.2, 0.25) is 0 Å². The lowest BCUT2D eigenvalue weighted by Crippen LogP contribution is -2.30. The Morgan fingerprint density at radius 2 is 1.82 bits per heavy atom. The van der Waals surface area contributed by atoms with Gasteiger partial charge in [0, 0.05) is 23.9 Å². The van der Waals surface area contributed by atoms with E-state index in [1.165, 1.54) is 4.90 Å². The summed E-state index contributed by atoms with van der Waals surface area (Å²) in [5.74, 6) is -0.487. The number of H-pyrrole nitrogens is 1. The third-order valence-corrected chi connectivity index (χ3v) is 5.84. The fourth-order valence-electron chi connectivity index (χ4n) is 3.92. The van der Waals surface area contributed by atoms with Crippen molar-refractivity contribution >= 4 is 11.6 Å². The van der Waals surface area contributed by atoms with Gasteiger partial charge in [-0.25, -0.2) is 9.50 Å². The van der Waals surface area contributed by atoms with Gasteiger partial charge in [0.05, 0.1) is 23.6 Å². The molecule has 1 unspecified atom stereocenters. The smallest absolute Gasteiger partial charge is 0.335 e. The van der Waals surface area contributed by atoms with Crippen molar-refractivity contribution in [2.45, 2.75) is 39.9 Å². The number of carbonyl (C=O) groups is 1. The van der Waals surface area contributed by atoms with Gasteiger partial charge in [0.15, 0.2) is 11.3 Å². The minimum absolute atomic E-state index is 0.0115. The van der Waals surface area contributed by atoms with E-state index in [1.807, 2.05) is 27.7 Å². The van der Waals surface area contributed by atoms with Crippen LogP contribution in [0.4, 0.5) is 13.2 Å². The van der Waals surface area contributed by atoms with Crippen LogP contribution in [-0.4, -0.2) is 42.7 Å². The highest BCUT2D eigenvalue weighted by atomic mass is 19.4. The van der Waals surface area contributed by atoms with Crippen LogP contribution in [0.25, 0.3) is 16.9 Å². The molecule has 0 aliphatic carbocycles. The lowest BCUT2D eigenvalue weighted by molar-refractivity contribution is -0.142. The second-order valence-electron chi connectivity index (χ2n) is 8.12. The zero-order valence-corrected chi connectivity index (χ0v) is 18.8. The van der Waals surface area contributed by atoms with Crippen molar-refractivity contribution in [3.63, 3.8) is 0 Å². The van der Waals surface area contributed by atoms with E-state index in [4.69, 9.17) is 0 Å². The lowest BCUT2D eigenvalue weighted by atomic mass is 10.0. The first-order valence-electron chi connectivity index (χ1n) is 10.3. The van der Waals surface area contributed by atoms with Crippen LogP contribution in [0.5, 0.6) is 0 Å². The maximum Gasteiger partial charge on any atom is 0.433 e. The molecule has 10 heteroatoms. The third kappa shape index (κ3) is 3.96. The lowest BCUT2D eigenvalue weighted by Gasteiger charge is -2.25. The van der Waals surface area contributed by atoms with Crippen molar-refractivity contribution in [3.05, 3.63) is 70.3 Å². The average molecular weight is 456 g/mol. The van der Waals surface area contributed by atoms with Crippen molar-refractivity contribution in [1.82, 2.24) is 29.7 Å². The number of carbonyl (C=O) groups excluding carboxylic acids is 1. The maximum absolute atomic E-state index is 13.9. The van der Waals surface area contributed by atoms with Gasteiger partial charge in [-0.15, -0.1) is 0 Å². The highest BCUT2D eigenvalue weighted by Gasteiger charge is 2.36. The van der Waals surface area contributed by atoms with E-state index in [2.05, 4.69) is 20.3 Å². The van der Waals surface area contributed by atoms with Crippen LogP contribution in [0, 0.1) is 20.8 Å². The molecule has 0 spiro atoms. The molecule has 172 valence electrons. The normalized spacial score (nSPS) is 12.8. The highest BCUT2D eigenvalue weighted by Crippen LogP contribution is 2.33. The van der Waals surface area contributed by atoms with Crippen LogP contribution in [-0.2, 0) is 6.18 Å². The molecule has 7 nitrogen and oxygen atoms in total. The summed E-state index contributed by atoms with van der Waals surface area (Å²) in [6.07, 6.45) is -3.55. The highest BCUT2D eigenvalue weighted by molar-refractivity contribution is 6.00. The topological polar surface area (TPSA) is 79.2 Å². The zero-order chi connectivity index (χ0) is 24.1. The van der Waals surface area contributed by atoms with Gasteiger partial charge in [0.1, 0.15) is 5.56 Å². The molecule has 3 aromatic heterocycles. The van der Waals surface area contributed by atoms with Gasteiger partial charge < -0.3 is 4.90 Å². The van der Waals surface area contributed by atoms with Crippen molar-refractivity contribution in [2.75, 3.05) is 7.05 Å². The number of aromatic amines is 1. The molecule has 4 aromatic rings. The van der Waals surface area contributed by atoms with Crippen molar-refractivity contribution < 1.29 is 18.0 Å². The minimum atomic E-state index is -4.68. The van der Waals surface area contributed by atoms with Crippen molar-refractivity contribution in [3.8, 4) is 11.3 Å². The Labute approximate surface area is 188 Å². The summed E-state index contributed by atoms with van der Waals surface area (Å²) in [4.78, 5) is 19.2. The molecule has 1 amide bonds. The number of amides is 1. The number of alkyl halides is 3. The summed E-state index contributed by atoms with van der Waals surface area (Å²) in [7, 11) is 1.59. The quantitative estimate of drug-likeness (QED) is 0.474. The molecule has 1 N–H and O–H groups in total. The SMILES string of the molecule is Cc1ccc(-c2cc(C(F)(F)F)n3ncc(C(=O)N(C)C(C)c4c(C)n[nH]c4C)c3n2)cc1. The van der Waals surface area contributed by atoms with Crippen LogP contribution < -0.4 is 0 Å². The third-order valence-electron chi connectivity index (χ3n) is 5.84. The van der Waals surface area contributed by atoms with Gasteiger partial charge in [-0.1, -0.05) is 29.8 Å². The summed E-state index contributed by atoms with van der Waals surface area (Å²) in [5, 5.41) is 10.9. The standard InChI is InChI=1S/C23H23F3N6O/c1-12-6-8-16(9-7-12)18-10-19(23(24,25)26)32-21(28-18)17(11-27-32)22(33)31(5)15(4)20-13(2)29-30-14(20)3/h6-11,15H,1-5H3,(H,29,30). The van der Waals surface area contributed by atoms with Gasteiger partial charge in [-0.3, -0.25) is 9.89 Å². The largest absolute Gasteiger partial charge is 0.433 e. The van der Waals surface area contributed by atoms with E-state index in [-0.39, 0.29) is 22.9 Å². The van der Waals surface area contributed by atoms with Gasteiger partial charge in [-0.05, 0) is 33.8 Å². The van der Waals surface area contributed by atoms with Gasteiger partial charge >= 0.3 is 6.18 Å². The number of nitrogens with zero attached hydrogens (tertiary/aromatic N) is 5. The van der Waals surface area contributed by atoms with E-state index in [0.717, 1.165) is 34.8 Å². The first-order valence-corrected chi connectivity index (χ1v) is 10.3. The molecule has 0 fully saturated rings. The predicted octanol–water partition coefficient (Wildman–Crippen LogP) is 4.90. The first-order chi connectivity index (χ1) is 15.5. The summed E-state index contributed by atoms with van der Waals surface area (Å²) in [5.41, 5.74) is 2.86. The Bertz CT molecular complexity index is 1320. The summed E-state index contributed by atoms with van der Waals surface area (Å²) in [6, 6.07) is 7.57. The fourth-order valence-corrected chi connectivity index (χ4v) is 3.92. The Kier molecular flexibility index (Phi) is 5.47. The molecule has 0 bridgehead atoms. The molecule has 0 radical (unpaired) electrons. The summed E-state index contributed by atoms with van der Waals surface area (Å²) >= 11 is 0. The second kappa shape index (κ2) is 8.02. The fraction of sp³-hybridized carbons (Fsp3) is 0.304. The molecule has 0 aliphatic heterocycles. The van der Waals surface area contributed by atoms with E-state index in [1.54, 1.807) is 31.3 Å². The average Bonchev–Trinajstić information content (AvgIpc) is 3.34. The number of aromatic nitrogens is 5. The molecular formula is C23H23F3N6O. The van der Waals surface area contributed by atoms with Gasteiger partial charge in [0.25, 0.3) is 5.91 Å². The Morgan fingerprint density at radius 3 is 2.39 bits per heavy atom.